The smallest absolute Gasteiger partial charge is 0.315 e. The van der Waals surface area contributed by atoms with E-state index >= 15 is 0 Å². The van der Waals surface area contributed by atoms with Crippen LogP contribution in [0.25, 0.3) is 0 Å². The molecule has 6 heteroatoms. The van der Waals surface area contributed by atoms with Gasteiger partial charge in [-0.3, -0.25) is 0 Å². The molecule has 1 aromatic heterocycles. The van der Waals surface area contributed by atoms with Crippen LogP contribution in [0.2, 0.25) is 0 Å². The predicted molar refractivity (Wildman–Crippen MR) is 86.2 cm³/mol. The highest BCUT2D eigenvalue weighted by Gasteiger charge is 2.26. The maximum atomic E-state index is 11.8. The van der Waals surface area contributed by atoms with Crippen LogP contribution in [0.4, 0.5) is 4.79 Å². The molecule has 3 N–H and O–H groups in total. The summed E-state index contributed by atoms with van der Waals surface area (Å²) in [4.78, 5) is 11.8. The fourth-order valence-corrected chi connectivity index (χ4v) is 2.00. The number of hydrogen-bond acceptors (Lipinski definition) is 4. The Labute approximate surface area is 135 Å². The van der Waals surface area contributed by atoms with Crippen LogP contribution in [0.5, 0.6) is 5.75 Å². The van der Waals surface area contributed by atoms with Crippen LogP contribution in [0.3, 0.4) is 0 Å². The summed E-state index contributed by atoms with van der Waals surface area (Å²) in [5.74, 6) is 1.15. The first kappa shape index (κ1) is 16.9. The minimum atomic E-state index is -1.26. The summed E-state index contributed by atoms with van der Waals surface area (Å²) >= 11 is 0. The first-order valence-corrected chi connectivity index (χ1v) is 7.47. The normalized spacial score (nSPS) is 14.6. The first-order chi connectivity index (χ1) is 11.0. The third kappa shape index (κ3) is 5.34. The third-order valence-corrected chi connectivity index (χ3v) is 3.28. The molecule has 23 heavy (non-hydrogen) atoms. The van der Waals surface area contributed by atoms with Gasteiger partial charge in [0, 0.05) is 0 Å². The van der Waals surface area contributed by atoms with Gasteiger partial charge in [-0.15, -0.1) is 0 Å². The molecule has 2 aromatic rings. The average molecular weight is 318 g/mol. The van der Waals surface area contributed by atoms with Crippen LogP contribution in [0.1, 0.15) is 19.6 Å². The minimum Gasteiger partial charge on any atom is -0.489 e. The van der Waals surface area contributed by atoms with Gasteiger partial charge in [-0.25, -0.2) is 4.79 Å². The van der Waals surface area contributed by atoms with Crippen molar-refractivity contribution in [1.82, 2.24) is 10.6 Å². The van der Waals surface area contributed by atoms with Crippen molar-refractivity contribution in [3.63, 3.8) is 0 Å². The summed E-state index contributed by atoms with van der Waals surface area (Å²) in [6.07, 6.45) is 1.31. The molecule has 0 aliphatic carbocycles. The minimum absolute atomic E-state index is 0.0419. The number of rotatable bonds is 7. The van der Waals surface area contributed by atoms with Gasteiger partial charge in [0.2, 0.25) is 0 Å². The number of urea groups is 1. The van der Waals surface area contributed by atoms with Crippen molar-refractivity contribution in [3.05, 3.63) is 54.5 Å². The average Bonchev–Trinajstić information content (AvgIpc) is 3.07. The topological polar surface area (TPSA) is 83.7 Å². The lowest BCUT2D eigenvalue weighted by atomic mass is 10.0. The molecule has 0 saturated heterocycles. The van der Waals surface area contributed by atoms with Crippen LogP contribution in [0, 0.1) is 0 Å². The summed E-state index contributed by atoms with van der Waals surface area (Å²) in [5, 5.41) is 15.6. The number of hydrogen-bond donors (Lipinski definition) is 3. The summed E-state index contributed by atoms with van der Waals surface area (Å²) in [6.45, 7) is 3.84. The molecule has 0 saturated carbocycles. The molecule has 0 aliphatic heterocycles. The van der Waals surface area contributed by atoms with Gasteiger partial charge in [0.15, 0.2) is 0 Å². The molecule has 124 valence electrons. The molecule has 0 spiro atoms. The predicted octanol–water partition coefficient (Wildman–Crippen LogP) is 2.25. The van der Waals surface area contributed by atoms with E-state index in [1.54, 1.807) is 19.1 Å². The molecule has 2 atom stereocenters. The summed E-state index contributed by atoms with van der Waals surface area (Å²) in [6, 6.07) is 12.4. The fourth-order valence-electron chi connectivity index (χ4n) is 2.00. The highest BCUT2D eigenvalue weighted by Crippen LogP contribution is 2.19. The van der Waals surface area contributed by atoms with E-state index in [9.17, 15) is 9.90 Å². The van der Waals surface area contributed by atoms with E-state index in [2.05, 4.69) is 10.6 Å². The lowest BCUT2D eigenvalue weighted by Gasteiger charge is -2.22. The van der Waals surface area contributed by atoms with Crippen molar-refractivity contribution in [2.75, 3.05) is 13.1 Å². The van der Waals surface area contributed by atoms with Crippen molar-refractivity contribution in [2.24, 2.45) is 0 Å². The molecule has 0 radical (unpaired) electrons. The SMILES string of the molecule is CC(CNC(=O)NCC(C)(O)c1ccco1)Oc1ccccc1. The molecular weight excluding hydrogens is 296 g/mol. The molecule has 1 heterocycles. The Hall–Kier alpha value is -2.47. The molecule has 0 bridgehead atoms. The number of benzene rings is 1. The number of carbonyl (C=O) groups excluding carboxylic acids is 1. The monoisotopic (exact) mass is 318 g/mol. The molecule has 2 unspecified atom stereocenters. The molecule has 0 aliphatic rings. The second kappa shape index (κ2) is 7.69. The Balaban J connectivity index is 1.71. The van der Waals surface area contributed by atoms with Gasteiger partial charge in [0.05, 0.1) is 19.4 Å². The maximum Gasteiger partial charge on any atom is 0.315 e. The van der Waals surface area contributed by atoms with Gasteiger partial charge in [0.25, 0.3) is 0 Å². The van der Waals surface area contributed by atoms with Crippen LogP contribution in [0.15, 0.2) is 53.1 Å². The molecule has 1 aromatic carbocycles. The Morgan fingerprint density at radius 1 is 1.26 bits per heavy atom. The largest absolute Gasteiger partial charge is 0.489 e. The molecular formula is C17H22N2O4. The molecule has 0 fully saturated rings. The summed E-state index contributed by atoms with van der Waals surface area (Å²) in [7, 11) is 0. The zero-order valence-electron chi connectivity index (χ0n) is 13.3. The molecule has 2 amide bonds. The van der Waals surface area contributed by atoms with Crippen LogP contribution in [-0.4, -0.2) is 30.3 Å². The van der Waals surface area contributed by atoms with Gasteiger partial charge >= 0.3 is 6.03 Å². The standard InChI is InChI=1S/C17H22N2O4/c1-13(23-14-7-4-3-5-8-14)11-18-16(20)19-12-17(2,21)15-9-6-10-22-15/h3-10,13,21H,11-12H2,1-2H3,(H2,18,19,20). The quantitative estimate of drug-likeness (QED) is 0.731. The Morgan fingerprint density at radius 2 is 2.00 bits per heavy atom. The lowest BCUT2D eigenvalue weighted by molar-refractivity contribution is 0.0367. The first-order valence-electron chi connectivity index (χ1n) is 7.47. The highest BCUT2D eigenvalue weighted by atomic mass is 16.5. The second-order valence-electron chi connectivity index (χ2n) is 5.56. The van der Waals surface area contributed by atoms with Gasteiger partial charge < -0.3 is 24.9 Å². The van der Waals surface area contributed by atoms with E-state index in [4.69, 9.17) is 9.15 Å². The fraction of sp³-hybridized carbons (Fsp3) is 0.353. The summed E-state index contributed by atoms with van der Waals surface area (Å²) < 4.78 is 10.8. The Morgan fingerprint density at radius 3 is 2.65 bits per heavy atom. The maximum absolute atomic E-state index is 11.8. The number of amides is 2. The van der Waals surface area contributed by atoms with E-state index in [0.29, 0.717) is 12.3 Å². The van der Waals surface area contributed by atoms with E-state index in [1.165, 1.54) is 6.26 Å². The number of para-hydroxylation sites is 1. The van der Waals surface area contributed by atoms with E-state index in [-0.39, 0.29) is 18.7 Å². The van der Waals surface area contributed by atoms with E-state index in [0.717, 1.165) is 5.75 Å². The zero-order valence-corrected chi connectivity index (χ0v) is 13.3. The van der Waals surface area contributed by atoms with Gasteiger partial charge in [-0.05, 0) is 38.1 Å². The number of aliphatic hydroxyl groups is 1. The zero-order chi connectivity index (χ0) is 16.7. The van der Waals surface area contributed by atoms with Crippen molar-refractivity contribution in [1.29, 1.82) is 0 Å². The number of carbonyl (C=O) groups is 1. The Bertz CT molecular complexity index is 596. The van der Waals surface area contributed by atoms with Crippen LogP contribution < -0.4 is 15.4 Å². The third-order valence-electron chi connectivity index (χ3n) is 3.28. The van der Waals surface area contributed by atoms with Crippen molar-refractivity contribution < 1.29 is 19.1 Å². The number of furan rings is 1. The van der Waals surface area contributed by atoms with Gasteiger partial charge in [0.1, 0.15) is 23.2 Å². The van der Waals surface area contributed by atoms with Crippen molar-refractivity contribution in [2.45, 2.75) is 25.6 Å². The number of ether oxygens (including phenoxy) is 1. The lowest BCUT2D eigenvalue weighted by Crippen LogP contribution is -2.45. The molecule has 2 rings (SSSR count). The second-order valence-corrected chi connectivity index (χ2v) is 5.56. The van der Waals surface area contributed by atoms with E-state index in [1.807, 2.05) is 37.3 Å². The highest BCUT2D eigenvalue weighted by molar-refractivity contribution is 5.73. The Kier molecular flexibility index (Phi) is 5.65. The van der Waals surface area contributed by atoms with Crippen molar-refractivity contribution in [3.8, 4) is 5.75 Å². The van der Waals surface area contributed by atoms with Crippen molar-refractivity contribution >= 4 is 6.03 Å². The van der Waals surface area contributed by atoms with Crippen LogP contribution >= 0.6 is 0 Å². The summed E-state index contributed by atoms with van der Waals surface area (Å²) in [5.41, 5.74) is -1.26. The van der Waals surface area contributed by atoms with Gasteiger partial charge in [-0.2, -0.15) is 0 Å². The van der Waals surface area contributed by atoms with E-state index < -0.39 is 5.60 Å². The van der Waals surface area contributed by atoms with Gasteiger partial charge in [-0.1, -0.05) is 18.2 Å². The van der Waals surface area contributed by atoms with Crippen LogP contribution in [-0.2, 0) is 5.60 Å². The number of nitrogens with one attached hydrogen (secondary N) is 2. The molecule has 6 nitrogen and oxygen atoms in total.